The number of rotatable bonds is 25. The Morgan fingerprint density at radius 1 is 0.787 bits per heavy atom. The molecule has 1 heterocycles. The van der Waals surface area contributed by atoms with Crippen molar-refractivity contribution in [2.75, 3.05) is 26.2 Å². The van der Waals surface area contributed by atoms with Crippen LogP contribution in [0.2, 0.25) is 0 Å². The van der Waals surface area contributed by atoms with E-state index in [2.05, 4.69) is 53.0 Å². The number of unbranched alkanes of at least 4 members (excludes halogenated alkanes) is 9. The molecule has 1 aromatic carbocycles. The van der Waals surface area contributed by atoms with Crippen LogP contribution in [-0.2, 0) is 33.6 Å². The zero-order chi connectivity index (χ0) is 33.5. The predicted molar refractivity (Wildman–Crippen MR) is 194 cm³/mol. The lowest BCUT2D eigenvalue weighted by atomic mass is 9.86. The maximum atomic E-state index is 12.7. The number of hydrogen-bond donors (Lipinski definition) is 2. The first kappa shape index (κ1) is 38.7. The smallest absolute Gasteiger partial charge is 0.312 e. The van der Waals surface area contributed by atoms with Gasteiger partial charge in [0.1, 0.15) is 5.75 Å². The molecule has 1 unspecified atom stereocenters. The monoisotopic (exact) mass is 667 g/mol. The van der Waals surface area contributed by atoms with E-state index in [1.54, 1.807) is 0 Å². The molecule has 2 N–H and O–H groups in total. The van der Waals surface area contributed by atoms with Gasteiger partial charge in [-0.15, -0.1) is 11.3 Å². The second-order valence-electron chi connectivity index (χ2n) is 13.1. The van der Waals surface area contributed by atoms with Crippen molar-refractivity contribution < 1.29 is 19.1 Å². The highest BCUT2D eigenvalue weighted by Gasteiger charge is 2.26. The van der Waals surface area contributed by atoms with Crippen molar-refractivity contribution >= 4 is 29.1 Å². The molecule has 262 valence electrons. The molecule has 2 amide bonds. The molecule has 3 rings (SSSR count). The fourth-order valence-electron chi connectivity index (χ4n) is 6.54. The molecule has 2 aromatic rings. The molecule has 0 bridgehead atoms. The van der Waals surface area contributed by atoms with Gasteiger partial charge in [-0.3, -0.25) is 19.3 Å². The van der Waals surface area contributed by atoms with E-state index >= 15 is 0 Å². The third-order valence-corrected chi connectivity index (χ3v) is 10.1. The van der Waals surface area contributed by atoms with Crippen molar-refractivity contribution in [1.82, 2.24) is 15.5 Å². The third kappa shape index (κ3) is 15.8. The van der Waals surface area contributed by atoms with Crippen LogP contribution in [0.3, 0.4) is 0 Å². The molecule has 1 aliphatic rings. The van der Waals surface area contributed by atoms with Crippen LogP contribution in [-0.4, -0.2) is 54.9 Å². The number of hydrogen-bond acceptors (Lipinski definition) is 6. The number of carbonyl (C=O) groups excluding carboxylic acids is 3. The van der Waals surface area contributed by atoms with Gasteiger partial charge in [0.05, 0.1) is 6.42 Å². The molecule has 1 aliphatic carbocycles. The minimum absolute atomic E-state index is 0.0139. The number of benzene rings is 1. The van der Waals surface area contributed by atoms with Gasteiger partial charge in [0.25, 0.3) is 0 Å². The van der Waals surface area contributed by atoms with Crippen molar-refractivity contribution in [1.29, 1.82) is 0 Å². The first-order valence-corrected chi connectivity index (χ1v) is 19.5. The Balaban J connectivity index is 1.22. The second kappa shape index (κ2) is 23.6. The Labute approximate surface area is 288 Å². The standard InChI is InChI=1S/C39H61N3O4S/c1-3-26-40-37(43)20-13-11-9-7-5-6-8-10-12-14-21-38(44)41-27-24-39(45)46-36-19-15-17-32-31-33(22-23-35(32)36)42(28-4-2)29-25-34-18-16-30-47-34/h15-19,30,33H,3-14,20-29,31H2,1-2H3,(H,40,43)(H,41,44). The summed E-state index contributed by atoms with van der Waals surface area (Å²) in [4.78, 5) is 40.6. The van der Waals surface area contributed by atoms with E-state index in [4.69, 9.17) is 4.74 Å². The van der Waals surface area contributed by atoms with Gasteiger partial charge in [-0.25, -0.2) is 0 Å². The number of ether oxygens (including phenoxy) is 1. The summed E-state index contributed by atoms with van der Waals surface area (Å²) in [6.45, 7) is 7.61. The van der Waals surface area contributed by atoms with Crippen LogP contribution in [0.25, 0.3) is 0 Å². The van der Waals surface area contributed by atoms with Gasteiger partial charge in [0, 0.05) is 43.4 Å². The summed E-state index contributed by atoms with van der Waals surface area (Å²) in [7, 11) is 0. The topological polar surface area (TPSA) is 87.7 Å². The third-order valence-electron chi connectivity index (χ3n) is 9.17. The van der Waals surface area contributed by atoms with Gasteiger partial charge in [0.2, 0.25) is 11.8 Å². The molecular formula is C39H61N3O4S. The zero-order valence-electron chi connectivity index (χ0n) is 29.3. The molecule has 0 radical (unpaired) electrons. The zero-order valence-corrected chi connectivity index (χ0v) is 30.1. The molecule has 0 spiro atoms. The minimum atomic E-state index is -0.290. The van der Waals surface area contributed by atoms with Gasteiger partial charge < -0.3 is 15.4 Å². The SMILES string of the molecule is CCCNC(=O)CCCCCCCCCCCCC(=O)NCCC(=O)Oc1cccc2c1CCC(N(CCC)CCc1cccs1)C2. The Morgan fingerprint density at radius 3 is 2.06 bits per heavy atom. The lowest BCUT2D eigenvalue weighted by molar-refractivity contribution is -0.134. The summed E-state index contributed by atoms with van der Waals surface area (Å²) < 4.78 is 5.81. The van der Waals surface area contributed by atoms with E-state index in [-0.39, 0.29) is 24.2 Å². The van der Waals surface area contributed by atoms with Crippen LogP contribution < -0.4 is 15.4 Å². The number of carbonyl (C=O) groups is 3. The Morgan fingerprint density at radius 2 is 1.45 bits per heavy atom. The van der Waals surface area contributed by atoms with Gasteiger partial charge in [-0.1, -0.05) is 83.4 Å². The number of nitrogens with zero attached hydrogens (tertiary/aromatic N) is 1. The molecule has 1 atom stereocenters. The molecular weight excluding hydrogens is 607 g/mol. The summed E-state index contributed by atoms with van der Waals surface area (Å²) in [5.74, 6) is 0.597. The summed E-state index contributed by atoms with van der Waals surface area (Å²) in [6.07, 6.45) is 18.9. The minimum Gasteiger partial charge on any atom is -0.426 e. The molecule has 0 saturated heterocycles. The van der Waals surface area contributed by atoms with Crippen LogP contribution in [0.1, 0.15) is 133 Å². The molecule has 0 aliphatic heterocycles. The molecule has 0 saturated carbocycles. The first-order chi connectivity index (χ1) is 23.0. The van der Waals surface area contributed by atoms with Gasteiger partial charge in [-0.05, 0) is 86.6 Å². The van der Waals surface area contributed by atoms with E-state index in [9.17, 15) is 14.4 Å². The maximum Gasteiger partial charge on any atom is 0.312 e. The summed E-state index contributed by atoms with van der Waals surface area (Å²) in [6, 6.07) is 11.0. The van der Waals surface area contributed by atoms with Crippen molar-refractivity contribution in [2.45, 2.75) is 142 Å². The van der Waals surface area contributed by atoms with E-state index < -0.39 is 0 Å². The van der Waals surface area contributed by atoms with Crippen molar-refractivity contribution in [2.24, 2.45) is 0 Å². The maximum absolute atomic E-state index is 12.7. The summed E-state index contributed by atoms with van der Waals surface area (Å²) in [5, 5.41) is 7.99. The van der Waals surface area contributed by atoms with Crippen LogP contribution in [0.15, 0.2) is 35.7 Å². The quantitative estimate of drug-likeness (QED) is 0.0634. The lowest BCUT2D eigenvalue weighted by Crippen LogP contribution is -2.41. The molecule has 8 heteroatoms. The van der Waals surface area contributed by atoms with Gasteiger partial charge in [0.15, 0.2) is 0 Å². The fraction of sp³-hybridized carbons (Fsp3) is 0.667. The molecule has 47 heavy (non-hydrogen) atoms. The number of fused-ring (bicyclic) bond motifs is 1. The normalized spacial score (nSPS) is 14.1. The predicted octanol–water partition coefficient (Wildman–Crippen LogP) is 8.18. The number of amides is 2. The van der Waals surface area contributed by atoms with Crippen LogP contribution in [0.4, 0.5) is 0 Å². The number of nitrogens with one attached hydrogen (secondary N) is 2. The highest BCUT2D eigenvalue weighted by atomic mass is 32.1. The van der Waals surface area contributed by atoms with Crippen LogP contribution in [0.5, 0.6) is 5.75 Å². The average Bonchev–Trinajstić information content (AvgIpc) is 3.60. The van der Waals surface area contributed by atoms with E-state index in [0.29, 0.717) is 31.2 Å². The second-order valence-corrected chi connectivity index (χ2v) is 14.1. The van der Waals surface area contributed by atoms with E-state index in [1.165, 1.54) is 48.1 Å². The molecule has 1 aromatic heterocycles. The largest absolute Gasteiger partial charge is 0.426 e. The summed E-state index contributed by atoms with van der Waals surface area (Å²) >= 11 is 1.84. The Bertz CT molecular complexity index is 1170. The Hall–Kier alpha value is -2.71. The van der Waals surface area contributed by atoms with E-state index in [1.807, 2.05) is 23.5 Å². The molecule has 7 nitrogen and oxygen atoms in total. The van der Waals surface area contributed by atoms with Gasteiger partial charge >= 0.3 is 5.97 Å². The first-order valence-electron chi connectivity index (χ1n) is 18.6. The van der Waals surface area contributed by atoms with Crippen molar-refractivity contribution in [3.8, 4) is 5.75 Å². The fourth-order valence-corrected chi connectivity index (χ4v) is 7.24. The van der Waals surface area contributed by atoms with Crippen molar-refractivity contribution in [3.05, 3.63) is 51.7 Å². The van der Waals surface area contributed by atoms with Crippen LogP contribution >= 0.6 is 11.3 Å². The van der Waals surface area contributed by atoms with Gasteiger partial charge in [-0.2, -0.15) is 0 Å². The average molecular weight is 668 g/mol. The highest BCUT2D eigenvalue weighted by molar-refractivity contribution is 7.09. The summed E-state index contributed by atoms with van der Waals surface area (Å²) in [5.41, 5.74) is 2.46. The van der Waals surface area contributed by atoms with Crippen molar-refractivity contribution in [3.63, 3.8) is 0 Å². The van der Waals surface area contributed by atoms with E-state index in [0.717, 1.165) is 90.3 Å². The number of thiophene rings is 1. The molecule has 0 fully saturated rings. The number of esters is 1. The lowest BCUT2D eigenvalue weighted by Gasteiger charge is -2.35. The Kier molecular flexibility index (Phi) is 19.4. The van der Waals surface area contributed by atoms with Crippen LogP contribution in [0, 0.1) is 0 Å². The highest BCUT2D eigenvalue weighted by Crippen LogP contribution is 2.32.